The summed E-state index contributed by atoms with van der Waals surface area (Å²) >= 11 is 1.87. The first kappa shape index (κ1) is 20.8. The van der Waals surface area contributed by atoms with E-state index in [0.29, 0.717) is 9.64 Å². The van der Waals surface area contributed by atoms with E-state index in [9.17, 15) is 27.5 Å². The van der Waals surface area contributed by atoms with Gasteiger partial charge in [0.15, 0.2) is 17.5 Å². The van der Waals surface area contributed by atoms with Gasteiger partial charge in [-0.25, -0.2) is 23.0 Å². The molecule has 1 amide bonds. The number of rotatable bonds is 7. The molecule has 1 unspecified atom stereocenters. The van der Waals surface area contributed by atoms with Crippen LogP contribution in [0.3, 0.4) is 0 Å². The quantitative estimate of drug-likeness (QED) is 0.228. The van der Waals surface area contributed by atoms with Gasteiger partial charge in [0.25, 0.3) is 5.91 Å². The molecule has 0 saturated heterocycles. The number of anilines is 2. The number of aliphatic hydroxyl groups is 1. The molecule has 2 aromatic rings. The van der Waals surface area contributed by atoms with Crippen molar-refractivity contribution in [3.63, 3.8) is 0 Å². The summed E-state index contributed by atoms with van der Waals surface area (Å²) in [4.78, 5) is 17.5. The lowest BCUT2D eigenvalue weighted by atomic mass is 10.1. The van der Waals surface area contributed by atoms with E-state index in [2.05, 4.69) is 5.32 Å². The van der Waals surface area contributed by atoms with Crippen LogP contribution in [0, 0.1) is 32.8 Å². The number of aliphatic hydroxyl groups excluding tert-OH is 1. The molecule has 1 aliphatic carbocycles. The second-order valence-electron chi connectivity index (χ2n) is 6.27. The molecule has 0 aliphatic heterocycles. The van der Waals surface area contributed by atoms with E-state index in [0.717, 1.165) is 18.9 Å². The number of hydrogen-bond donors (Lipinski definition) is 3. The van der Waals surface area contributed by atoms with Gasteiger partial charge in [-0.15, -0.1) is 0 Å². The zero-order valence-corrected chi connectivity index (χ0v) is 16.4. The molecule has 3 rings (SSSR count). The fraction of sp³-hybridized carbons (Fsp3) is 0.278. The zero-order chi connectivity index (χ0) is 20.4. The SMILES string of the molecule is O=C(NOC(CO)C1CC1)c1cc(F)c(F)c(F)c1Nc1ccc(I)cc1F. The third-order valence-electron chi connectivity index (χ3n) is 4.23. The molecule has 1 saturated carbocycles. The van der Waals surface area contributed by atoms with E-state index >= 15 is 0 Å². The highest BCUT2D eigenvalue weighted by molar-refractivity contribution is 14.1. The Morgan fingerprint density at radius 3 is 2.50 bits per heavy atom. The number of carbonyl (C=O) groups excluding carboxylic acids is 1. The average Bonchev–Trinajstić information content (AvgIpc) is 3.49. The maximum Gasteiger partial charge on any atom is 0.277 e. The van der Waals surface area contributed by atoms with Crippen molar-refractivity contribution in [3.05, 3.63) is 56.7 Å². The molecule has 0 radical (unpaired) electrons. The predicted octanol–water partition coefficient (Wildman–Crippen LogP) is 4.02. The number of halogens is 5. The van der Waals surface area contributed by atoms with Gasteiger partial charge < -0.3 is 10.4 Å². The summed E-state index contributed by atoms with van der Waals surface area (Å²) in [6.45, 7) is -0.351. The number of benzene rings is 2. The Morgan fingerprint density at radius 1 is 1.18 bits per heavy atom. The summed E-state index contributed by atoms with van der Waals surface area (Å²) < 4.78 is 56.3. The van der Waals surface area contributed by atoms with Crippen molar-refractivity contribution in [1.29, 1.82) is 0 Å². The average molecular weight is 510 g/mol. The Bertz CT molecular complexity index is 909. The summed E-state index contributed by atoms with van der Waals surface area (Å²) in [5, 5.41) is 11.5. The zero-order valence-electron chi connectivity index (χ0n) is 14.2. The van der Waals surface area contributed by atoms with Crippen molar-refractivity contribution < 1.29 is 32.3 Å². The van der Waals surface area contributed by atoms with Crippen molar-refractivity contribution in [2.24, 2.45) is 5.92 Å². The van der Waals surface area contributed by atoms with Crippen LogP contribution in [0.2, 0.25) is 0 Å². The van der Waals surface area contributed by atoms with Gasteiger partial charge >= 0.3 is 0 Å². The summed E-state index contributed by atoms with van der Waals surface area (Å²) in [5.41, 5.74) is 0.409. The molecule has 0 bridgehead atoms. The molecule has 3 N–H and O–H groups in total. The first-order chi connectivity index (χ1) is 13.3. The largest absolute Gasteiger partial charge is 0.394 e. The smallest absolute Gasteiger partial charge is 0.277 e. The highest BCUT2D eigenvalue weighted by atomic mass is 127. The number of hydrogen-bond acceptors (Lipinski definition) is 4. The van der Waals surface area contributed by atoms with Crippen LogP contribution in [0.5, 0.6) is 0 Å². The molecule has 1 aliphatic rings. The lowest BCUT2D eigenvalue weighted by molar-refractivity contribution is -0.0497. The molecule has 5 nitrogen and oxygen atoms in total. The number of carbonyl (C=O) groups is 1. The van der Waals surface area contributed by atoms with E-state index in [1.54, 1.807) is 0 Å². The van der Waals surface area contributed by atoms with E-state index in [4.69, 9.17) is 4.84 Å². The molecule has 10 heteroatoms. The first-order valence-electron chi connectivity index (χ1n) is 8.28. The minimum Gasteiger partial charge on any atom is -0.394 e. The number of nitrogens with one attached hydrogen (secondary N) is 2. The molecule has 0 heterocycles. The summed E-state index contributed by atoms with van der Waals surface area (Å²) in [7, 11) is 0. The Kier molecular flexibility index (Phi) is 6.40. The third-order valence-corrected chi connectivity index (χ3v) is 4.90. The molecule has 0 aromatic heterocycles. The van der Waals surface area contributed by atoms with Crippen LogP contribution in [0.25, 0.3) is 0 Å². The fourth-order valence-corrected chi connectivity index (χ4v) is 3.01. The van der Waals surface area contributed by atoms with Crippen molar-refractivity contribution in [2.75, 3.05) is 11.9 Å². The Hall–Kier alpha value is -1.92. The van der Waals surface area contributed by atoms with Crippen molar-refractivity contribution in [1.82, 2.24) is 5.48 Å². The minimum absolute atomic E-state index is 0.0745. The van der Waals surface area contributed by atoms with Crippen LogP contribution in [0.15, 0.2) is 24.3 Å². The van der Waals surface area contributed by atoms with Gasteiger partial charge in [0, 0.05) is 3.57 Å². The Labute approximate surface area is 171 Å². The van der Waals surface area contributed by atoms with E-state index in [-0.39, 0.29) is 18.2 Å². The maximum atomic E-state index is 14.3. The first-order valence-corrected chi connectivity index (χ1v) is 9.36. The van der Waals surface area contributed by atoms with Gasteiger partial charge in [-0.05, 0) is 65.6 Å². The van der Waals surface area contributed by atoms with Crippen LogP contribution in [-0.4, -0.2) is 23.7 Å². The predicted molar refractivity (Wildman–Crippen MR) is 101 cm³/mol. The lowest BCUT2D eigenvalue weighted by Gasteiger charge is -2.17. The molecule has 28 heavy (non-hydrogen) atoms. The lowest BCUT2D eigenvalue weighted by Crippen LogP contribution is -2.33. The number of hydroxylamine groups is 1. The normalized spacial score (nSPS) is 14.6. The third kappa shape index (κ3) is 4.55. The topological polar surface area (TPSA) is 70.6 Å². The van der Waals surface area contributed by atoms with E-state index < -0.39 is 46.5 Å². The van der Waals surface area contributed by atoms with Crippen molar-refractivity contribution in [3.8, 4) is 0 Å². The second-order valence-corrected chi connectivity index (χ2v) is 7.51. The summed E-state index contributed by atoms with van der Waals surface area (Å²) in [5.74, 6) is -6.85. The minimum atomic E-state index is -1.81. The second kappa shape index (κ2) is 8.62. The molecular formula is C18H15F4IN2O3. The van der Waals surface area contributed by atoms with Crippen LogP contribution in [0.1, 0.15) is 23.2 Å². The summed E-state index contributed by atoms with van der Waals surface area (Å²) in [6.07, 6.45) is 0.976. The van der Waals surface area contributed by atoms with Gasteiger partial charge in [-0.1, -0.05) is 0 Å². The highest BCUT2D eigenvalue weighted by Crippen LogP contribution is 2.34. The monoisotopic (exact) mass is 510 g/mol. The molecular weight excluding hydrogens is 495 g/mol. The molecule has 2 aromatic carbocycles. The highest BCUT2D eigenvalue weighted by Gasteiger charge is 2.33. The van der Waals surface area contributed by atoms with E-state index in [1.165, 1.54) is 12.1 Å². The standard InChI is InChI=1S/C18H15F4IN2O3/c19-11-5-9(23)3-4-13(11)24-17-10(6-12(20)15(21)16(17)22)18(27)25-28-14(7-26)8-1-2-8/h3-6,8,14,24,26H,1-2,7H2,(H,25,27). The Morgan fingerprint density at radius 2 is 1.89 bits per heavy atom. The van der Waals surface area contributed by atoms with Crippen LogP contribution in [0.4, 0.5) is 28.9 Å². The maximum absolute atomic E-state index is 14.3. The molecule has 1 fully saturated rings. The molecule has 150 valence electrons. The van der Waals surface area contributed by atoms with Crippen LogP contribution >= 0.6 is 22.6 Å². The van der Waals surface area contributed by atoms with Gasteiger partial charge in [0.1, 0.15) is 11.9 Å². The van der Waals surface area contributed by atoms with Crippen molar-refractivity contribution in [2.45, 2.75) is 18.9 Å². The van der Waals surface area contributed by atoms with Crippen LogP contribution < -0.4 is 10.8 Å². The van der Waals surface area contributed by atoms with Gasteiger partial charge in [0.05, 0.1) is 23.5 Å². The summed E-state index contributed by atoms with van der Waals surface area (Å²) in [6, 6.07) is 4.40. The van der Waals surface area contributed by atoms with Crippen LogP contribution in [-0.2, 0) is 4.84 Å². The van der Waals surface area contributed by atoms with E-state index in [1.807, 2.05) is 28.1 Å². The fourth-order valence-electron chi connectivity index (χ4n) is 2.56. The number of amides is 1. The van der Waals surface area contributed by atoms with Crippen molar-refractivity contribution >= 4 is 39.9 Å². The molecule has 0 spiro atoms. The van der Waals surface area contributed by atoms with Gasteiger partial charge in [-0.3, -0.25) is 9.63 Å². The molecule has 1 atom stereocenters. The van der Waals surface area contributed by atoms with Gasteiger partial charge in [0.2, 0.25) is 0 Å². The van der Waals surface area contributed by atoms with Gasteiger partial charge in [-0.2, -0.15) is 0 Å². The Balaban J connectivity index is 1.89.